The summed E-state index contributed by atoms with van der Waals surface area (Å²) in [4.78, 5) is 13.9. The Labute approximate surface area is 57.3 Å². The SMILES string of the molecule is CCn1ncnc1C(=O)O. The van der Waals surface area contributed by atoms with Crippen LogP contribution < -0.4 is 0 Å². The maximum Gasteiger partial charge on any atom is 0.373 e. The average Bonchev–Trinajstić information content (AvgIpc) is 2.33. The molecule has 5 heteroatoms. The molecule has 1 N–H and O–H groups in total. The van der Waals surface area contributed by atoms with E-state index < -0.39 is 5.97 Å². The molecule has 1 aromatic heterocycles. The van der Waals surface area contributed by atoms with Crippen molar-refractivity contribution in [1.82, 2.24) is 14.8 Å². The van der Waals surface area contributed by atoms with E-state index in [2.05, 4.69) is 10.1 Å². The number of carbonyl (C=O) groups is 1. The van der Waals surface area contributed by atoms with Crippen molar-refractivity contribution in [3.8, 4) is 0 Å². The lowest BCUT2D eigenvalue weighted by molar-refractivity contribution is 0.0676. The smallest absolute Gasteiger partial charge is 0.373 e. The Hall–Kier alpha value is -1.39. The third-order valence-corrected chi connectivity index (χ3v) is 1.11. The van der Waals surface area contributed by atoms with Gasteiger partial charge in [0.05, 0.1) is 0 Å². The predicted molar refractivity (Wildman–Crippen MR) is 32.7 cm³/mol. The zero-order valence-electron chi connectivity index (χ0n) is 5.48. The van der Waals surface area contributed by atoms with E-state index in [0.717, 1.165) is 0 Å². The van der Waals surface area contributed by atoms with Gasteiger partial charge in [0.15, 0.2) is 0 Å². The van der Waals surface area contributed by atoms with Gasteiger partial charge in [0.2, 0.25) is 5.82 Å². The van der Waals surface area contributed by atoms with Crippen LogP contribution in [0.4, 0.5) is 0 Å². The molecule has 54 valence electrons. The number of aromatic carboxylic acids is 1. The summed E-state index contributed by atoms with van der Waals surface area (Å²) < 4.78 is 1.32. The normalized spacial score (nSPS) is 9.70. The molecule has 0 aliphatic rings. The summed E-state index contributed by atoms with van der Waals surface area (Å²) in [6.45, 7) is 2.34. The van der Waals surface area contributed by atoms with Gasteiger partial charge in [0.25, 0.3) is 0 Å². The van der Waals surface area contributed by atoms with Gasteiger partial charge in [-0.1, -0.05) is 0 Å². The summed E-state index contributed by atoms with van der Waals surface area (Å²) >= 11 is 0. The highest BCUT2D eigenvalue weighted by Gasteiger charge is 2.09. The summed E-state index contributed by atoms with van der Waals surface area (Å²) in [5.74, 6) is -1.05. The molecule has 10 heavy (non-hydrogen) atoms. The van der Waals surface area contributed by atoms with Gasteiger partial charge in [-0.2, -0.15) is 5.10 Å². The third-order valence-electron chi connectivity index (χ3n) is 1.11. The Morgan fingerprint density at radius 2 is 2.60 bits per heavy atom. The molecule has 0 bridgehead atoms. The Bertz CT molecular complexity index is 243. The van der Waals surface area contributed by atoms with Crippen molar-refractivity contribution in [3.63, 3.8) is 0 Å². The van der Waals surface area contributed by atoms with E-state index in [-0.39, 0.29) is 5.82 Å². The van der Waals surface area contributed by atoms with Crippen molar-refractivity contribution < 1.29 is 9.90 Å². The maximum absolute atomic E-state index is 10.3. The summed E-state index contributed by atoms with van der Waals surface area (Å²) in [6.07, 6.45) is 1.23. The van der Waals surface area contributed by atoms with E-state index in [1.165, 1.54) is 11.0 Å². The van der Waals surface area contributed by atoms with Crippen molar-refractivity contribution in [2.75, 3.05) is 0 Å². The standard InChI is InChI=1S/C5H7N3O2/c1-2-8-4(5(9)10)6-3-7-8/h3H,2H2,1H3,(H,9,10). The van der Waals surface area contributed by atoms with Gasteiger partial charge >= 0.3 is 5.97 Å². The second-order valence-electron chi connectivity index (χ2n) is 1.70. The van der Waals surface area contributed by atoms with E-state index in [0.29, 0.717) is 6.54 Å². The first-order valence-electron chi connectivity index (χ1n) is 2.86. The predicted octanol–water partition coefficient (Wildman–Crippen LogP) is -0.00380. The van der Waals surface area contributed by atoms with Crippen LogP contribution in [0.1, 0.15) is 17.5 Å². The molecule has 0 fully saturated rings. The monoisotopic (exact) mass is 141 g/mol. The molecule has 1 heterocycles. The Morgan fingerprint density at radius 3 is 3.00 bits per heavy atom. The van der Waals surface area contributed by atoms with E-state index in [9.17, 15) is 4.79 Å². The van der Waals surface area contributed by atoms with Crippen LogP contribution >= 0.6 is 0 Å². The number of rotatable bonds is 2. The van der Waals surface area contributed by atoms with Crippen LogP contribution in [-0.4, -0.2) is 25.8 Å². The first-order chi connectivity index (χ1) is 4.75. The van der Waals surface area contributed by atoms with E-state index in [1.807, 2.05) is 0 Å². The number of carboxylic acids is 1. The lowest BCUT2D eigenvalue weighted by Crippen LogP contribution is -2.09. The van der Waals surface area contributed by atoms with Gasteiger partial charge < -0.3 is 5.11 Å². The molecule has 0 aliphatic heterocycles. The number of nitrogens with zero attached hydrogens (tertiary/aromatic N) is 3. The number of aromatic nitrogens is 3. The van der Waals surface area contributed by atoms with Gasteiger partial charge in [-0.25, -0.2) is 14.5 Å². The molecular weight excluding hydrogens is 134 g/mol. The fourth-order valence-corrected chi connectivity index (χ4v) is 0.661. The average molecular weight is 141 g/mol. The van der Waals surface area contributed by atoms with Crippen molar-refractivity contribution >= 4 is 5.97 Å². The molecule has 0 unspecified atom stereocenters. The third kappa shape index (κ3) is 0.975. The summed E-state index contributed by atoms with van der Waals surface area (Å²) in [5, 5.41) is 12.1. The first-order valence-corrected chi connectivity index (χ1v) is 2.86. The number of aryl methyl sites for hydroxylation is 1. The molecule has 0 aromatic carbocycles. The molecule has 0 radical (unpaired) electrons. The molecule has 0 amide bonds. The van der Waals surface area contributed by atoms with Crippen molar-refractivity contribution in [1.29, 1.82) is 0 Å². The van der Waals surface area contributed by atoms with Crippen LogP contribution in [0.15, 0.2) is 6.33 Å². The lowest BCUT2D eigenvalue weighted by Gasteiger charge is -1.94. The van der Waals surface area contributed by atoms with E-state index in [4.69, 9.17) is 5.11 Å². The highest BCUT2D eigenvalue weighted by Crippen LogP contribution is 1.91. The minimum atomic E-state index is -1.04. The van der Waals surface area contributed by atoms with Gasteiger partial charge in [-0.05, 0) is 6.92 Å². The molecule has 5 nitrogen and oxygen atoms in total. The molecule has 0 saturated carbocycles. The van der Waals surface area contributed by atoms with Crippen LogP contribution in [0, 0.1) is 0 Å². The Kier molecular flexibility index (Phi) is 1.66. The van der Waals surface area contributed by atoms with Crippen molar-refractivity contribution in [2.45, 2.75) is 13.5 Å². The van der Waals surface area contributed by atoms with Gasteiger partial charge in [0.1, 0.15) is 6.33 Å². The molecule has 1 aromatic rings. The fourth-order valence-electron chi connectivity index (χ4n) is 0.661. The first kappa shape index (κ1) is 6.73. The van der Waals surface area contributed by atoms with Gasteiger partial charge in [0, 0.05) is 6.54 Å². The van der Waals surface area contributed by atoms with Crippen LogP contribution in [-0.2, 0) is 6.54 Å². The highest BCUT2D eigenvalue weighted by molar-refractivity contribution is 5.83. The summed E-state index contributed by atoms with van der Waals surface area (Å²) in [7, 11) is 0. The molecular formula is C5H7N3O2. The quantitative estimate of drug-likeness (QED) is 0.629. The van der Waals surface area contributed by atoms with Crippen LogP contribution in [0.25, 0.3) is 0 Å². The zero-order valence-corrected chi connectivity index (χ0v) is 5.48. The number of carboxylic acid groups (broad SMARTS) is 1. The van der Waals surface area contributed by atoms with E-state index >= 15 is 0 Å². The van der Waals surface area contributed by atoms with Crippen molar-refractivity contribution in [2.24, 2.45) is 0 Å². The van der Waals surface area contributed by atoms with Crippen LogP contribution in [0.2, 0.25) is 0 Å². The van der Waals surface area contributed by atoms with Crippen molar-refractivity contribution in [3.05, 3.63) is 12.2 Å². The largest absolute Gasteiger partial charge is 0.475 e. The molecule has 1 rings (SSSR count). The minimum Gasteiger partial charge on any atom is -0.475 e. The van der Waals surface area contributed by atoms with E-state index in [1.54, 1.807) is 6.92 Å². The second-order valence-corrected chi connectivity index (χ2v) is 1.70. The molecule has 0 aliphatic carbocycles. The summed E-state index contributed by atoms with van der Waals surface area (Å²) in [5.41, 5.74) is 0. The summed E-state index contributed by atoms with van der Waals surface area (Å²) in [6, 6.07) is 0. The Balaban J connectivity index is 3.01. The number of hydrogen-bond donors (Lipinski definition) is 1. The van der Waals surface area contributed by atoms with Gasteiger partial charge in [-0.15, -0.1) is 0 Å². The maximum atomic E-state index is 10.3. The highest BCUT2D eigenvalue weighted by atomic mass is 16.4. The lowest BCUT2D eigenvalue weighted by atomic mass is 10.6. The topological polar surface area (TPSA) is 68.0 Å². The molecule has 0 spiro atoms. The second kappa shape index (κ2) is 2.47. The van der Waals surface area contributed by atoms with Gasteiger partial charge in [-0.3, -0.25) is 0 Å². The van der Waals surface area contributed by atoms with Crippen LogP contribution in [0.5, 0.6) is 0 Å². The molecule has 0 saturated heterocycles. The minimum absolute atomic E-state index is 0.0116. The Morgan fingerprint density at radius 1 is 1.90 bits per heavy atom. The molecule has 0 atom stereocenters. The fraction of sp³-hybridized carbons (Fsp3) is 0.400. The van der Waals surface area contributed by atoms with Crippen LogP contribution in [0.3, 0.4) is 0 Å². The number of hydrogen-bond acceptors (Lipinski definition) is 3. The zero-order chi connectivity index (χ0) is 7.56.